The monoisotopic (exact) mass is 582 g/mol. The number of nitrogens with one attached hydrogen (secondary N) is 2. The summed E-state index contributed by atoms with van der Waals surface area (Å²) in [5.74, 6) is -0.748. The summed E-state index contributed by atoms with van der Waals surface area (Å²) in [7, 11) is -3.82. The molecule has 3 aromatic rings. The molecule has 8 nitrogen and oxygen atoms in total. The van der Waals surface area contributed by atoms with E-state index < -0.39 is 15.7 Å². The molecule has 42 heavy (non-hydrogen) atoms. The fraction of sp³-hybridized carbons (Fsp3) is 0.182. The molecule has 0 saturated heterocycles. The average Bonchev–Trinajstić information content (AvgIpc) is 3.28. The first-order chi connectivity index (χ1) is 20.3. The number of allylic oxidation sites excluding steroid dienone is 3. The van der Waals surface area contributed by atoms with Crippen molar-refractivity contribution in [3.05, 3.63) is 124 Å². The van der Waals surface area contributed by atoms with Crippen molar-refractivity contribution in [1.29, 1.82) is 0 Å². The van der Waals surface area contributed by atoms with Crippen LogP contribution in [-0.4, -0.2) is 39.3 Å². The Bertz CT molecular complexity index is 1700. The third kappa shape index (κ3) is 6.58. The summed E-state index contributed by atoms with van der Waals surface area (Å²) in [4.78, 5) is 37.5. The molecule has 5 rings (SSSR count). The minimum atomic E-state index is -3.82. The highest BCUT2D eigenvalue weighted by Gasteiger charge is 2.33. The standard InChI is InChI=1S/C33H30N2O6S/c36-31(21-23-9-2-1-3-10-23)41-28-13-6-5-12-27(28)24-15-17-25(18-16-24)32(37)34-19-8-20-35-33(38)30-22-26-11-4-7-14-29(26)42(30,39)40/h1-4,7,9-18,22H,5-6,8,19-21H2,(H,34,37)(H,35,38). The Hall–Kier alpha value is -4.76. The molecule has 0 atom stereocenters. The molecule has 1 heterocycles. The Morgan fingerprint density at radius 2 is 1.43 bits per heavy atom. The Morgan fingerprint density at radius 3 is 2.17 bits per heavy atom. The molecular weight excluding hydrogens is 552 g/mol. The van der Waals surface area contributed by atoms with Crippen LogP contribution in [0.15, 0.2) is 107 Å². The van der Waals surface area contributed by atoms with Crippen LogP contribution in [0.1, 0.15) is 46.3 Å². The van der Waals surface area contributed by atoms with Crippen LogP contribution in [-0.2, 0) is 30.6 Å². The van der Waals surface area contributed by atoms with Crippen molar-refractivity contribution in [1.82, 2.24) is 10.6 Å². The van der Waals surface area contributed by atoms with Gasteiger partial charge in [0.25, 0.3) is 11.8 Å². The zero-order valence-electron chi connectivity index (χ0n) is 22.8. The van der Waals surface area contributed by atoms with Crippen molar-refractivity contribution >= 4 is 39.3 Å². The number of carbonyl (C=O) groups excluding carboxylic acids is 3. The van der Waals surface area contributed by atoms with Crippen LogP contribution in [0.2, 0.25) is 0 Å². The van der Waals surface area contributed by atoms with Gasteiger partial charge in [-0.05, 0) is 66.3 Å². The van der Waals surface area contributed by atoms with Gasteiger partial charge in [0.2, 0.25) is 9.84 Å². The van der Waals surface area contributed by atoms with Crippen LogP contribution in [0.3, 0.4) is 0 Å². The highest BCUT2D eigenvalue weighted by molar-refractivity contribution is 7.96. The minimum absolute atomic E-state index is 0.129. The molecule has 0 radical (unpaired) electrons. The van der Waals surface area contributed by atoms with Gasteiger partial charge in [-0.2, -0.15) is 0 Å². The molecule has 1 aliphatic heterocycles. The van der Waals surface area contributed by atoms with Crippen molar-refractivity contribution in [3.8, 4) is 0 Å². The molecule has 214 valence electrons. The van der Waals surface area contributed by atoms with Gasteiger partial charge in [-0.15, -0.1) is 0 Å². The molecule has 2 amide bonds. The van der Waals surface area contributed by atoms with Crippen molar-refractivity contribution < 1.29 is 27.5 Å². The number of rotatable bonds is 10. The number of carbonyl (C=O) groups is 3. The molecule has 9 heteroatoms. The Balaban J connectivity index is 1.09. The van der Waals surface area contributed by atoms with Crippen LogP contribution in [0.25, 0.3) is 11.6 Å². The maximum Gasteiger partial charge on any atom is 0.315 e. The first-order valence-corrected chi connectivity index (χ1v) is 15.2. The van der Waals surface area contributed by atoms with Gasteiger partial charge in [0.1, 0.15) is 10.7 Å². The van der Waals surface area contributed by atoms with E-state index in [1.807, 2.05) is 54.6 Å². The summed E-state index contributed by atoms with van der Waals surface area (Å²) in [6.45, 7) is 0.496. The van der Waals surface area contributed by atoms with Gasteiger partial charge in [-0.25, -0.2) is 8.42 Å². The highest BCUT2D eigenvalue weighted by Crippen LogP contribution is 2.32. The van der Waals surface area contributed by atoms with Crippen LogP contribution in [0.5, 0.6) is 0 Å². The fourth-order valence-corrected chi connectivity index (χ4v) is 6.31. The second-order valence-electron chi connectivity index (χ2n) is 9.89. The van der Waals surface area contributed by atoms with Gasteiger partial charge in [0.05, 0.1) is 11.3 Å². The largest absolute Gasteiger partial charge is 0.426 e. The number of fused-ring (bicyclic) bond motifs is 1. The molecule has 1 aliphatic carbocycles. The SMILES string of the molecule is O=C(Cc1ccccc1)OC1=CCCC=C1c1ccc(C(=O)NCCCNC(=O)C2=Cc3ccccc3S2(=O)=O)cc1. The predicted molar refractivity (Wildman–Crippen MR) is 160 cm³/mol. The van der Waals surface area contributed by atoms with E-state index in [4.69, 9.17) is 4.74 Å². The number of hydrogen-bond acceptors (Lipinski definition) is 6. The lowest BCUT2D eigenvalue weighted by Crippen LogP contribution is -2.31. The van der Waals surface area contributed by atoms with Crippen molar-refractivity contribution in [3.63, 3.8) is 0 Å². The van der Waals surface area contributed by atoms with Crippen LogP contribution in [0, 0.1) is 0 Å². The van der Waals surface area contributed by atoms with E-state index in [-0.39, 0.29) is 34.6 Å². The van der Waals surface area contributed by atoms with Gasteiger partial charge >= 0.3 is 5.97 Å². The number of ether oxygens (including phenoxy) is 1. The Labute approximate surface area is 244 Å². The maximum absolute atomic E-state index is 12.7. The van der Waals surface area contributed by atoms with E-state index in [0.29, 0.717) is 29.9 Å². The van der Waals surface area contributed by atoms with E-state index >= 15 is 0 Å². The molecule has 0 unspecified atom stereocenters. The predicted octanol–water partition coefficient (Wildman–Crippen LogP) is 4.60. The smallest absolute Gasteiger partial charge is 0.315 e. The topological polar surface area (TPSA) is 119 Å². The molecule has 0 bridgehead atoms. The number of amides is 2. The zero-order chi connectivity index (χ0) is 29.5. The molecule has 2 aliphatic rings. The molecule has 3 aromatic carbocycles. The lowest BCUT2D eigenvalue weighted by Gasteiger charge is -2.17. The average molecular weight is 583 g/mol. The fourth-order valence-electron chi connectivity index (χ4n) is 4.78. The number of hydrogen-bond donors (Lipinski definition) is 2. The summed E-state index contributed by atoms with van der Waals surface area (Å²) in [6, 6.07) is 22.9. The molecule has 0 fully saturated rings. The number of sulfone groups is 1. The van der Waals surface area contributed by atoms with Gasteiger partial charge in [0.15, 0.2) is 0 Å². The maximum atomic E-state index is 12.7. The van der Waals surface area contributed by atoms with Crippen LogP contribution < -0.4 is 10.6 Å². The first kappa shape index (κ1) is 28.8. The first-order valence-electron chi connectivity index (χ1n) is 13.7. The van der Waals surface area contributed by atoms with E-state index in [9.17, 15) is 22.8 Å². The summed E-state index contributed by atoms with van der Waals surface area (Å²) in [5, 5.41) is 5.43. The zero-order valence-corrected chi connectivity index (χ0v) is 23.7. The van der Waals surface area contributed by atoms with Gasteiger partial charge in [-0.3, -0.25) is 14.4 Å². The third-order valence-electron chi connectivity index (χ3n) is 6.92. The third-order valence-corrected chi connectivity index (χ3v) is 8.75. The van der Waals surface area contributed by atoms with Crippen LogP contribution in [0.4, 0.5) is 0 Å². The van der Waals surface area contributed by atoms with Crippen molar-refractivity contribution in [2.75, 3.05) is 13.1 Å². The quantitative estimate of drug-likeness (QED) is 0.267. The van der Waals surface area contributed by atoms with E-state index in [2.05, 4.69) is 10.6 Å². The Morgan fingerprint density at radius 1 is 0.762 bits per heavy atom. The van der Waals surface area contributed by atoms with Crippen LogP contribution >= 0.6 is 0 Å². The second kappa shape index (κ2) is 12.8. The number of benzene rings is 3. The Kier molecular flexibility index (Phi) is 8.78. The van der Waals surface area contributed by atoms with E-state index in [1.54, 1.807) is 30.3 Å². The van der Waals surface area contributed by atoms with Crippen molar-refractivity contribution in [2.45, 2.75) is 30.6 Å². The van der Waals surface area contributed by atoms with E-state index in [1.165, 1.54) is 12.1 Å². The lowest BCUT2D eigenvalue weighted by atomic mass is 9.96. The van der Waals surface area contributed by atoms with Crippen molar-refractivity contribution in [2.24, 2.45) is 0 Å². The summed E-state index contributed by atoms with van der Waals surface area (Å²) < 4.78 is 30.9. The molecule has 0 spiro atoms. The second-order valence-corrected chi connectivity index (χ2v) is 11.8. The van der Waals surface area contributed by atoms with Gasteiger partial charge in [-0.1, -0.05) is 66.7 Å². The molecule has 0 aromatic heterocycles. The highest BCUT2D eigenvalue weighted by atomic mass is 32.2. The normalized spacial score (nSPS) is 15.0. The molecular formula is C33H30N2O6S. The molecule has 2 N–H and O–H groups in total. The summed E-state index contributed by atoms with van der Waals surface area (Å²) in [6.07, 6.45) is 7.52. The van der Waals surface area contributed by atoms with E-state index in [0.717, 1.165) is 29.5 Å². The lowest BCUT2D eigenvalue weighted by molar-refractivity contribution is -0.138. The molecule has 0 saturated carbocycles. The summed E-state index contributed by atoms with van der Waals surface area (Å²) in [5.41, 5.74) is 3.49. The summed E-state index contributed by atoms with van der Waals surface area (Å²) >= 11 is 0. The van der Waals surface area contributed by atoms with Gasteiger partial charge in [0, 0.05) is 24.2 Å². The minimum Gasteiger partial charge on any atom is -0.426 e. The number of esters is 1. The van der Waals surface area contributed by atoms with Gasteiger partial charge < -0.3 is 15.4 Å².